The molecule has 2 heterocycles. The molecule has 0 saturated heterocycles. The highest BCUT2D eigenvalue weighted by Crippen LogP contribution is 2.10. The fourth-order valence-corrected chi connectivity index (χ4v) is 1.20. The Morgan fingerprint density at radius 2 is 2.36 bits per heavy atom. The van der Waals surface area contributed by atoms with Crippen LogP contribution in [0.5, 0.6) is 0 Å². The van der Waals surface area contributed by atoms with Gasteiger partial charge in [-0.2, -0.15) is 10.4 Å². The number of halogens is 1. The van der Waals surface area contributed by atoms with Gasteiger partial charge in [-0.15, -0.1) is 0 Å². The normalized spacial score (nSPS) is 10.0. The molecule has 0 atom stereocenters. The first-order valence-corrected chi connectivity index (χ1v) is 4.03. The van der Waals surface area contributed by atoms with Crippen molar-refractivity contribution < 1.29 is 4.79 Å². The molecule has 0 aliphatic rings. The van der Waals surface area contributed by atoms with Gasteiger partial charge in [-0.25, -0.2) is 9.50 Å². The molecule has 0 aliphatic carbocycles. The smallest absolute Gasteiger partial charge is 0.257 e. The summed E-state index contributed by atoms with van der Waals surface area (Å²) < 4.78 is 1.34. The van der Waals surface area contributed by atoms with Gasteiger partial charge >= 0.3 is 0 Å². The molecule has 0 saturated carbocycles. The number of carbonyl (C=O) groups is 1. The predicted octanol–water partition coefficient (Wildman–Crippen LogP) is 0.980. The van der Waals surface area contributed by atoms with Gasteiger partial charge < -0.3 is 0 Å². The molecular weight excluding hydrogens is 204 g/mol. The zero-order valence-electron chi connectivity index (χ0n) is 6.81. The third-order valence-corrected chi connectivity index (χ3v) is 1.90. The minimum Gasteiger partial charge on any atom is -0.275 e. The molecule has 0 radical (unpaired) electrons. The van der Waals surface area contributed by atoms with Crippen molar-refractivity contribution in [3.8, 4) is 6.07 Å². The zero-order chi connectivity index (χ0) is 10.1. The summed E-state index contributed by atoms with van der Waals surface area (Å²) in [5, 5.41) is 11.8. The van der Waals surface area contributed by atoms with Crippen LogP contribution in [0.4, 0.5) is 0 Å². The summed E-state index contributed by atoms with van der Waals surface area (Å²) >= 11 is 5.30. The van der Waals surface area contributed by atoms with Gasteiger partial charge in [-0.05, 0) is 11.6 Å². The Balaban J connectivity index is 2.73. The Bertz CT molecular complexity index is 554. The summed E-state index contributed by atoms with van der Waals surface area (Å²) in [5.41, 5.74) is 0.953. The number of hydrogen-bond acceptors (Lipinski definition) is 4. The van der Waals surface area contributed by atoms with Crippen LogP contribution in [-0.2, 0) is 0 Å². The minimum atomic E-state index is -0.614. The largest absolute Gasteiger partial charge is 0.275 e. The van der Waals surface area contributed by atoms with Crippen LogP contribution in [0.1, 0.15) is 15.9 Å². The quantitative estimate of drug-likeness (QED) is 0.652. The molecule has 0 bridgehead atoms. The molecule has 0 spiro atoms. The predicted molar refractivity (Wildman–Crippen MR) is 47.9 cm³/mol. The van der Waals surface area contributed by atoms with E-state index in [1.165, 1.54) is 23.1 Å². The van der Waals surface area contributed by atoms with Crippen molar-refractivity contribution in [2.24, 2.45) is 0 Å². The maximum Gasteiger partial charge on any atom is 0.257 e. The molecule has 0 amide bonds. The average molecular weight is 207 g/mol. The van der Waals surface area contributed by atoms with Gasteiger partial charge in [0.2, 0.25) is 0 Å². The molecule has 2 aromatic rings. The van der Waals surface area contributed by atoms with Crippen LogP contribution in [0, 0.1) is 11.3 Å². The van der Waals surface area contributed by atoms with E-state index in [1.54, 1.807) is 0 Å². The number of nitrogens with zero attached hydrogens (tertiary/aromatic N) is 4. The second kappa shape index (κ2) is 3.09. The van der Waals surface area contributed by atoms with Crippen LogP contribution >= 0.6 is 11.6 Å². The van der Waals surface area contributed by atoms with Crippen molar-refractivity contribution in [2.45, 2.75) is 0 Å². The Morgan fingerprint density at radius 1 is 1.57 bits per heavy atom. The van der Waals surface area contributed by atoms with Gasteiger partial charge in [0.1, 0.15) is 6.07 Å². The van der Waals surface area contributed by atoms with Crippen molar-refractivity contribution in [1.82, 2.24) is 14.6 Å². The second-order valence-electron chi connectivity index (χ2n) is 2.55. The number of nitriles is 1. The highest BCUT2D eigenvalue weighted by Gasteiger charge is 2.11. The van der Waals surface area contributed by atoms with Crippen molar-refractivity contribution >= 4 is 22.5 Å². The third-order valence-electron chi connectivity index (χ3n) is 1.70. The molecule has 0 aliphatic heterocycles. The Kier molecular flexibility index (Phi) is 1.91. The number of aromatic nitrogens is 3. The van der Waals surface area contributed by atoms with E-state index in [0.29, 0.717) is 11.2 Å². The molecule has 2 aromatic heterocycles. The van der Waals surface area contributed by atoms with Crippen molar-refractivity contribution in [3.05, 3.63) is 29.7 Å². The summed E-state index contributed by atoms with van der Waals surface area (Å²) in [6.07, 6.45) is 4.16. The molecule has 5 nitrogen and oxygen atoms in total. The summed E-state index contributed by atoms with van der Waals surface area (Å²) in [6, 6.07) is 1.92. The topological polar surface area (TPSA) is 71.0 Å². The number of carbonyl (C=O) groups excluding carboxylic acids is 1. The number of rotatable bonds is 1. The van der Waals surface area contributed by atoms with E-state index in [0.717, 1.165) is 0 Å². The lowest BCUT2D eigenvalue weighted by molar-refractivity contribution is 0.108. The van der Waals surface area contributed by atoms with E-state index in [9.17, 15) is 4.79 Å². The van der Waals surface area contributed by atoms with Gasteiger partial charge in [0.15, 0.2) is 5.65 Å². The van der Waals surface area contributed by atoms with Crippen LogP contribution in [-0.4, -0.2) is 19.8 Å². The summed E-state index contributed by atoms with van der Waals surface area (Å²) in [4.78, 5) is 14.8. The molecule has 0 aromatic carbocycles. The lowest BCUT2D eigenvalue weighted by Crippen LogP contribution is -1.94. The molecule has 14 heavy (non-hydrogen) atoms. The summed E-state index contributed by atoms with van der Waals surface area (Å²) in [6.45, 7) is 0. The van der Waals surface area contributed by atoms with Gasteiger partial charge in [-0.1, -0.05) is 0 Å². The number of fused-ring (bicyclic) bond motifs is 1. The fraction of sp³-hybridized carbons (Fsp3) is 0. The van der Waals surface area contributed by atoms with Crippen LogP contribution in [0.25, 0.3) is 5.65 Å². The van der Waals surface area contributed by atoms with Crippen LogP contribution < -0.4 is 0 Å². The van der Waals surface area contributed by atoms with E-state index in [-0.39, 0.29) is 5.56 Å². The molecule has 0 N–H and O–H groups in total. The van der Waals surface area contributed by atoms with Crippen LogP contribution in [0.3, 0.4) is 0 Å². The minimum absolute atomic E-state index is 0.233. The van der Waals surface area contributed by atoms with Crippen molar-refractivity contribution in [3.63, 3.8) is 0 Å². The summed E-state index contributed by atoms with van der Waals surface area (Å²) in [5.74, 6) is 0. The van der Waals surface area contributed by atoms with Gasteiger partial charge in [0.25, 0.3) is 5.24 Å². The Hall–Kier alpha value is -1.93. The van der Waals surface area contributed by atoms with E-state index >= 15 is 0 Å². The Morgan fingerprint density at radius 3 is 3.00 bits per heavy atom. The monoisotopic (exact) mass is 206 g/mol. The lowest BCUT2D eigenvalue weighted by atomic mass is 10.3. The number of hydrogen-bond donors (Lipinski definition) is 0. The van der Waals surface area contributed by atoms with Crippen LogP contribution in [0.2, 0.25) is 0 Å². The first kappa shape index (κ1) is 8.66. The molecule has 68 valence electrons. The van der Waals surface area contributed by atoms with Crippen molar-refractivity contribution in [2.75, 3.05) is 0 Å². The average Bonchev–Trinajstić information content (AvgIpc) is 2.59. The zero-order valence-corrected chi connectivity index (χ0v) is 7.56. The van der Waals surface area contributed by atoms with Gasteiger partial charge in [0.05, 0.1) is 23.5 Å². The Labute approximate surface area is 83.5 Å². The third kappa shape index (κ3) is 1.22. The fourth-order valence-electron chi connectivity index (χ4n) is 1.07. The maximum atomic E-state index is 10.9. The maximum absolute atomic E-state index is 10.9. The molecule has 6 heteroatoms. The first-order chi connectivity index (χ1) is 6.72. The molecule has 2 rings (SSSR count). The van der Waals surface area contributed by atoms with Gasteiger partial charge in [-0.3, -0.25) is 4.79 Å². The highest BCUT2D eigenvalue weighted by atomic mass is 35.5. The lowest BCUT2D eigenvalue weighted by Gasteiger charge is -1.92. The van der Waals surface area contributed by atoms with Crippen molar-refractivity contribution in [1.29, 1.82) is 5.26 Å². The van der Waals surface area contributed by atoms with Gasteiger partial charge in [0, 0.05) is 6.20 Å². The van der Waals surface area contributed by atoms with E-state index < -0.39 is 5.24 Å². The highest BCUT2D eigenvalue weighted by molar-refractivity contribution is 6.68. The van der Waals surface area contributed by atoms with E-state index in [2.05, 4.69) is 10.1 Å². The molecular formula is C8H3ClN4O. The van der Waals surface area contributed by atoms with Crippen LogP contribution in [0.15, 0.2) is 18.6 Å². The molecule has 0 unspecified atom stereocenters. The summed E-state index contributed by atoms with van der Waals surface area (Å²) in [7, 11) is 0. The van der Waals surface area contributed by atoms with E-state index in [4.69, 9.17) is 16.9 Å². The standard InChI is InChI=1S/C8H3ClN4O/c9-7(14)6-3-12-13-4-5(1-10)2-11-8(6)13/h2-4H. The first-order valence-electron chi connectivity index (χ1n) is 3.65. The van der Waals surface area contributed by atoms with E-state index in [1.807, 2.05) is 6.07 Å². The second-order valence-corrected chi connectivity index (χ2v) is 2.90. The molecule has 0 fully saturated rings. The SMILES string of the molecule is N#Cc1cnc2c(C(=O)Cl)cnn2c1.